The molecule has 17 heavy (non-hydrogen) atoms. The number of hydrogen-bond acceptors (Lipinski definition) is 3. The first kappa shape index (κ1) is 13.6. The van der Waals surface area contributed by atoms with Crippen LogP contribution in [0.3, 0.4) is 0 Å². The Kier molecular flexibility index (Phi) is 5.09. The van der Waals surface area contributed by atoms with Crippen molar-refractivity contribution in [3.8, 4) is 0 Å². The van der Waals surface area contributed by atoms with E-state index in [4.69, 9.17) is 0 Å². The average Bonchev–Trinajstić information content (AvgIpc) is 2.29. The molecule has 0 saturated heterocycles. The molecule has 6 heteroatoms. The summed E-state index contributed by atoms with van der Waals surface area (Å²) in [7, 11) is 0. The standard InChI is InChI=1S/C11H13BrN2O3/c1-2-3-6-13-11(15)8-4-5-9(12)10(7-8)14(16)17/h4-5,7H,2-3,6H2,1H3,(H,13,15). The zero-order valence-corrected chi connectivity index (χ0v) is 11.0. The van der Waals surface area contributed by atoms with Gasteiger partial charge in [-0.2, -0.15) is 0 Å². The molecule has 0 aliphatic heterocycles. The molecule has 1 aromatic rings. The molecule has 0 heterocycles. The molecule has 1 N–H and O–H groups in total. The maximum absolute atomic E-state index is 11.7. The van der Waals surface area contributed by atoms with Crippen LogP contribution < -0.4 is 5.32 Å². The number of benzene rings is 1. The predicted molar refractivity (Wildman–Crippen MR) is 68.0 cm³/mol. The number of hydrogen-bond donors (Lipinski definition) is 1. The fraction of sp³-hybridized carbons (Fsp3) is 0.364. The van der Waals surface area contributed by atoms with E-state index in [0.29, 0.717) is 16.6 Å². The lowest BCUT2D eigenvalue weighted by Gasteiger charge is -2.04. The molecule has 0 fully saturated rings. The number of carbonyl (C=O) groups excluding carboxylic acids is 1. The van der Waals surface area contributed by atoms with Crippen LogP contribution in [0.5, 0.6) is 0 Å². The third-order valence-corrected chi connectivity index (χ3v) is 2.89. The first-order chi connectivity index (χ1) is 8.06. The van der Waals surface area contributed by atoms with Crippen LogP contribution in [-0.4, -0.2) is 17.4 Å². The highest BCUT2D eigenvalue weighted by atomic mass is 79.9. The summed E-state index contributed by atoms with van der Waals surface area (Å²) in [6.07, 6.45) is 1.88. The summed E-state index contributed by atoms with van der Waals surface area (Å²) in [5.74, 6) is -0.283. The summed E-state index contributed by atoms with van der Waals surface area (Å²) in [5, 5.41) is 13.4. The highest BCUT2D eigenvalue weighted by Gasteiger charge is 2.15. The Hall–Kier alpha value is -1.43. The van der Waals surface area contributed by atoms with E-state index in [0.717, 1.165) is 12.8 Å². The monoisotopic (exact) mass is 300 g/mol. The average molecular weight is 301 g/mol. The van der Waals surface area contributed by atoms with Gasteiger partial charge in [-0.1, -0.05) is 13.3 Å². The van der Waals surface area contributed by atoms with Gasteiger partial charge < -0.3 is 5.32 Å². The van der Waals surface area contributed by atoms with Gasteiger partial charge in [0.25, 0.3) is 11.6 Å². The van der Waals surface area contributed by atoms with E-state index < -0.39 is 4.92 Å². The van der Waals surface area contributed by atoms with Crippen LogP contribution in [0.4, 0.5) is 5.69 Å². The lowest BCUT2D eigenvalue weighted by atomic mass is 10.2. The van der Waals surface area contributed by atoms with Gasteiger partial charge in [0, 0.05) is 18.2 Å². The Morgan fingerprint density at radius 1 is 1.53 bits per heavy atom. The molecule has 0 aromatic heterocycles. The number of halogens is 1. The lowest BCUT2D eigenvalue weighted by molar-refractivity contribution is -0.385. The molecule has 1 rings (SSSR count). The molecule has 0 saturated carbocycles. The summed E-state index contributed by atoms with van der Waals surface area (Å²) in [6, 6.07) is 4.33. The van der Waals surface area contributed by atoms with Crippen LogP contribution >= 0.6 is 15.9 Å². The summed E-state index contributed by atoms with van der Waals surface area (Å²) >= 11 is 3.07. The van der Waals surface area contributed by atoms with Gasteiger partial charge in [0.1, 0.15) is 0 Å². The van der Waals surface area contributed by atoms with Crippen LogP contribution in [-0.2, 0) is 0 Å². The van der Waals surface area contributed by atoms with Gasteiger partial charge in [0.05, 0.1) is 9.40 Å². The van der Waals surface area contributed by atoms with Crippen molar-refractivity contribution in [1.82, 2.24) is 5.32 Å². The normalized spacial score (nSPS) is 10.0. The van der Waals surface area contributed by atoms with Crippen molar-refractivity contribution in [2.24, 2.45) is 0 Å². The van der Waals surface area contributed by atoms with Gasteiger partial charge in [0.2, 0.25) is 0 Å². The molecule has 0 unspecified atom stereocenters. The van der Waals surface area contributed by atoms with E-state index in [2.05, 4.69) is 21.2 Å². The van der Waals surface area contributed by atoms with Crippen LogP contribution in [0.1, 0.15) is 30.1 Å². The Balaban J connectivity index is 2.81. The van der Waals surface area contributed by atoms with E-state index in [9.17, 15) is 14.9 Å². The number of nitrogens with one attached hydrogen (secondary N) is 1. The lowest BCUT2D eigenvalue weighted by Crippen LogP contribution is -2.24. The predicted octanol–water partition coefficient (Wildman–Crippen LogP) is 2.89. The Morgan fingerprint density at radius 3 is 2.82 bits per heavy atom. The Morgan fingerprint density at radius 2 is 2.24 bits per heavy atom. The number of nitro groups is 1. The van der Waals surface area contributed by atoms with Crippen molar-refractivity contribution < 1.29 is 9.72 Å². The Bertz CT molecular complexity index is 435. The van der Waals surface area contributed by atoms with Crippen LogP contribution in [0.25, 0.3) is 0 Å². The Labute approximate surface area is 107 Å². The molecular weight excluding hydrogens is 288 g/mol. The second-order valence-electron chi connectivity index (χ2n) is 3.53. The molecule has 0 bridgehead atoms. The van der Waals surface area contributed by atoms with E-state index in [1.165, 1.54) is 12.1 Å². The maximum Gasteiger partial charge on any atom is 0.284 e. The fourth-order valence-corrected chi connectivity index (χ4v) is 1.67. The first-order valence-corrected chi connectivity index (χ1v) is 6.07. The number of rotatable bonds is 5. The van der Waals surface area contributed by atoms with Gasteiger partial charge in [-0.05, 0) is 34.5 Å². The number of carbonyl (C=O) groups is 1. The summed E-state index contributed by atoms with van der Waals surface area (Å²) in [4.78, 5) is 21.8. The number of nitrogens with zero attached hydrogens (tertiary/aromatic N) is 1. The molecule has 0 aliphatic rings. The smallest absolute Gasteiger partial charge is 0.284 e. The van der Waals surface area contributed by atoms with E-state index in [1.54, 1.807) is 6.07 Å². The molecule has 1 amide bonds. The minimum atomic E-state index is -0.521. The van der Waals surface area contributed by atoms with Gasteiger partial charge >= 0.3 is 0 Å². The van der Waals surface area contributed by atoms with Crippen molar-refractivity contribution in [3.05, 3.63) is 38.3 Å². The largest absolute Gasteiger partial charge is 0.352 e. The molecule has 92 valence electrons. The topological polar surface area (TPSA) is 72.2 Å². The van der Waals surface area contributed by atoms with Crippen LogP contribution in [0, 0.1) is 10.1 Å². The molecule has 0 spiro atoms. The molecule has 0 aliphatic carbocycles. The molecule has 0 atom stereocenters. The van der Waals surface area contributed by atoms with Crippen molar-refractivity contribution in [2.75, 3.05) is 6.54 Å². The van der Waals surface area contributed by atoms with Gasteiger partial charge in [-0.3, -0.25) is 14.9 Å². The van der Waals surface area contributed by atoms with Gasteiger partial charge in [0.15, 0.2) is 0 Å². The molecule has 0 radical (unpaired) electrons. The number of unbranched alkanes of at least 4 members (excludes halogenated alkanes) is 1. The van der Waals surface area contributed by atoms with Crippen molar-refractivity contribution in [2.45, 2.75) is 19.8 Å². The maximum atomic E-state index is 11.7. The first-order valence-electron chi connectivity index (χ1n) is 5.28. The summed E-state index contributed by atoms with van der Waals surface area (Å²) in [6.45, 7) is 2.61. The number of nitro benzene ring substituents is 1. The molecule has 5 nitrogen and oxygen atoms in total. The fourth-order valence-electron chi connectivity index (χ4n) is 1.27. The van der Waals surface area contributed by atoms with Gasteiger partial charge in [-0.15, -0.1) is 0 Å². The second kappa shape index (κ2) is 6.34. The van der Waals surface area contributed by atoms with E-state index in [-0.39, 0.29) is 11.6 Å². The van der Waals surface area contributed by atoms with Crippen molar-refractivity contribution in [3.63, 3.8) is 0 Å². The molecule has 1 aromatic carbocycles. The van der Waals surface area contributed by atoms with Gasteiger partial charge in [-0.25, -0.2) is 0 Å². The quantitative estimate of drug-likeness (QED) is 0.516. The minimum Gasteiger partial charge on any atom is -0.352 e. The highest BCUT2D eigenvalue weighted by Crippen LogP contribution is 2.25. The van der Waals surface area contributed by atoms with Crippen LogP contribution in [0.2, 0.25) is 0 Å². The van der Waals surface area contributed by atoms with E-state index >= 15 is 0 Å². The summed E-state index contributed by atoms with van der Waals surface area (Å²) < 4.78 is 0.368. The SMILES string of the molecule is CCCCNC(=O)c1ccc(Br)c([N+](=O)[O-])c1. The zero-order chi connectivity index (χ0) is 12.8. The van der Waals surface area contributed by atoms with Crippen molar-refractivity contribution >= 4 is 27.5 Å². The number of amides is 1. The van der Waals surface area contributed by atoms with Crippen LogP contribution in [0.15, 0.2) is 22.7 Å². The second-order valence-corrected chi connectivity index (χ2v) is 4.39. The molecular formula is C11H13BrN2O3. The third-order valence-electron chi connectivity index (χ3n) is 2.22. The zero-order valence-electron chi connectivity index (χ0n) is 9.40. The van der Waals surface area contributed by atoms with E-state index in [1.807, 2.05) is 6.92 Å². The highest BCUT2D eigenvalue weighted by molar-refractivity contribution is 9.10. The summed E-state index contributed by atoms with van der Waals surface area (Å²) in [5.41, 5.74) is 0.198. The van der Waals surface area contributed by atoms with Crippen molar-refractivity contribution in [1.29, 1.82) is 0 Å². The minimum absolute atomic E-state index is 0.104. The third kappa shape index (κ3) is 3.81.